The van der Waals surface area contributed by atoms with Gasteiger partial charge in [0, 0.05) is 6.20 Å². The number of halogens is 1. The summed E-state index contributed by atoms with van der Waals surface area (Å²) in [6.07, 6.45) is 2.91. The van der Waals surface area contributed by atoms with Crippen molar-refractivity contribution in [3.8, 4) is 0 Å². The lowest BCUT2D eigenvalue weighted by Gasteiger charge is -2.08. The lowest BCUT2D eigenvalue weighted by molar-refractivity contribution is 0.102. The highest BCUT2D eigenvalue weighted by molar-refractivity contribution is 7.92. The number of carbonyl (C=O) groups is 1. The number of amides is 1. The summed E-state index contributed by atoms with van der Waals surface area (Å²) in [6, 6.07) is 4.75. The summed E-state index contributed by atoms with van der Waals surface area (Å²) >= 11 is 8.01. The molecule has 0 aromatic carbocycles. The fraction of sp³-hybridized carbons (Fsp3) is 0.200. The van der Waals surface area contributed by atoms with Gasteiger partial charge in [-0.15, -0.1) is 11.3 Å². The maximum atomic E-state index is 12.9. The predicted molar refractivity (Wildman–Crippen MR) is 101 cm³/mol. The number of nitrogens with one attached hydrogen (secondary N) is 1. The number of thiophene rings is 1. The number of carbonyl (C=O) groups excluding carboxylic acids is 1. The Morgan fingerprint density at radius 3 is 2.72 bits per heavy atom. The number of thiazole rings is 1. The molecule has 1 N–H and O–H groups in total. The molecule has 10 heteroatoms. The van der Waals surface area contributed by atoms with Crippen molar-refractivity contribution in [1.82, 2.24) is 8.96 Å². The Balaban J connectivity index is 2.05. The molecular formula is C15H14ClN3O3S3. The Hall–Kier alpha value is -1.68. The summed E-state index contributed by atoms with van der Waals surface area (Å²) < 4.78 is 27.4. The van der Waals surface area contributed by atoms with E-state index < -0.39 is 15.9 Å². The summed E-state index contributed by atoms with van der Waals surface area (Å²) in [6.45, 7) is 3.86. The minimum atomic E-state index is -3.84. The molecule has 0 aliphatic carbocycles. The summed E-state index contributed by atoms with van der Waals surface area (Å²) in [5, 5.41) is 4.58. The Kier molecular flexibility index (Phi) is 5.01. The van der Waals surface area contributed by atoms with Crippen LogP contribution >= 0.6 is 34.3 Å². The second-order valence-corrected chi connectivity index (χ2v) is 10.1. The van der Waals surface area contributed by atoms with E-state index in [-0.39, 0.29) is 15.8 Å². The third-order valence-electron chi connectivity index (χ3n) is 3.41. The van der Waals surface area contributed by atoms with E-state index in [0.717, 1.165) is 32.2 Å². The van der Waals surface area contributed by atoms with Gasteiger partial charge in [0.25, 0.3) is 15.9 Å². The molecule has 3 aromatic heterocycles. The fourth-order valence-corrected chi connectivity index (χ4v) is 5.37. The van der Waals surface area contributed by atoms with Gasteiger partial charge in [0.1, 0.15) is 14.2 Å². The minimum Gasteiger partial charge on any atom is -0.296 e. The molecule has 0 unspecified atom stereocenters. The van der Waals surface area contributed by atoms with Crippen LogP contribution in [-0.2, 0) is 10.0 Å². The molecule has 1 amide bonds. The zero-order valence-corrected chi connectivity index (χ0v) is 16.5. The third-order valence-corrected chi connectivity index (χ3v) is 7.49. The first-order chi connectivity index (χ1) is 11.8. The van der Waals surface area contributed by atoms with E-state index in [4.69, 9.17) is 11.6 Å². The van der Waals surface area contributed by atoms with Crippen LogP contribution in [0.2, 0.25) is 4.34 Å². The van der Waals surface area contributed by atoms with Gasteiger partial charge in [-0.1, -0.05) is 42.9 Å². The van der Waals surface area contributed by atoms with Gasteiger partial charge in [0.2, 0.25) is 0 Å². The summed E-state index contributed by atoms with van der Waals surface area (Å²) in [7, 11) is -3.84. The van der Waals surface area contributed by atoms with Gasteiger partial charge in [-0.3, -0.25) is 10.1 Å². The number of hydrogen-bond acceptors (Lipinski definition) is 6. The van der Waals surface area contributed by atoms with Crippen molar-refractivity contribution in [2.75, 3.05) is 5.32 Å². The average molecular weight is 416 g/mol. The van der Waals surface area contributed by atoms with Crippen molar-refractivity contribution in [3.05, 3.63) is 51.6 Å². The van der Waals surface area contributed by atoms with Gasteiger partial charge in [-0.05, 0) is 29.0 Å². The van der Waals surface area contributed by atoms with Crippen LogP contribution in [0, 0.1) is 0 Å². The lowest BCUT2D eigenvalue weighted by atomic mass is 10.1. The Morgan fingerprint density at radius 2 is 2.16 bits per heavy atom. The third kappa shape index (κ3) is 3.64. The van der Waals surface area contributed by atoms with Gasteiger partial charge in [-0.2, -0.15) is 8.42 Å². The number of hydrogen-bond donors (Lipinski definition) is 1. The highest BCUT2D eigenvalue weighted by Gasteiger charge is 2.26. The maximum absolute atomic E-state index is 12.9. The molecule has 0 aliphatic rings. The number of rotatable bonds is 5. The van der Waals surface area contributed by atoms with Crippen LogP contribution in [-0.4, -0.2) is 23.3 Å². The molecular weight excluding hydrogens is 402 g/mol. The normalized spacial score (nSPS) is 11.8. The summed E-state index contributed by atoms with van der Waals surface area (Å²) in [4.78, 5) is 16.6. The van der Waals surface area contributed by atoms with E-state index >= 15 is 0 Å². The maximum Gasteiger partial charge on any atom is 0.277 e. The van der Waals surface area contributed by atoms with Crippen LogP contribution in [0.25, 0.3) is 0 Å². The fourth-order valence-electron chi connectivity index (χ4n) is 2.12. The number of nitrogens with zero attached hydrogens (tertiary/aromatic N) is 2. The molecule has 132 valence electrons. The number of aromatic nitrogens is 2. The van der Waals surface area contributed by atoms with Crippen LogP contribution in [0.3, 0.4) is 0 Å². The zero-order valence-electron chi connectivity index (χ0n) is 13.3. The SMILES string of the molecule is CC(C)c1cc(C(=O)Nc2ncc(Cl)s2)n(S(=O)(=O)c2cccs2)c1. The molecule has 0 fully saturated rings. The lowest BCUT2D eigenvalue weighted by Crippen LogP contribution is -2.21. The molecule has 0 atom stereocenters. The largest absolute Gasteiger partial charge is 0.296 e. The molecule has 25 heavy (non-hydrogen) atoms. The summed E-state index contributed by atoms with van der Waals surface area (Å²) in [5.74, 6) is -0.487. The average Bonchev–Trinajstić information content (AvgIpc) is 3.27. The molecule has 0 saturated carbocycles. The molecule has 0 radical (unpaired) electrons. The monoisotopic (exact) mass is 415 g/mol. The number of anilines is 1. The highest BCUT2D eigenvalue weighted by Crippen LogP contribution is 2.27. The van der Waals surface area contributed by atoms with Crippen LogP contribution in [0.5, 0.6) is 0 Å². The Bertz CT molecular complexity index is 1000. The molecule has 3 aromatic rings. The van der Waals surface area contributed by atoms with E-state index in [0.29, 0.717) is 9.47 Å². The molecule has 0 spiro atoms. The molecule has 0 aliphatic heterocycles. The van der Waals surface area contributed by atoms with Crippen LogP contribution in [0.15, 0.2) is 40.2 Å². The molecule has 0 saturated heterocycles. The van der Waals surface area contributed by atoms with Crippen LogP contribution in [0.4, 0.5) is 5.13 Å². The van der Waals surface area contributed by atoms with Crippen molar-refractivity contribution in [2.45, 2.75) is 24.0 Å². The van der Waals surface area contributed by atoms with Crippen molar-refractivity contribution in [2.24, 2.45) is 0 Å². The van der Waals surface area contributed by atoms with Crippen molar-refractivity contribution < 1.29 is 13.2 Å². The second kappa shape index (κ2) is 6.91. The van der Waals surface area contributed by atoms with Crippen molar-refractivity contribution in [3.63, 3.8) is 0 Å². The van der Waals surface area contributed by atoms with E-state index in [2.05, 4.69) is 10.3 Å². The smallest absolute Gasteiger partial charge is 0.277 e. The first kappa shape index (κ1) is 18.1. The van der Waals surface area contributed by atoms with Gasteiger partial charge in [-0.25, -0.2) is 8.96 Å². The quantitative estimate of drug-likeness (QED) is 0.674. The summed E-state index contributed by atoms with van der Waals surface area (Å²) in [5.41, 5.74) is 0.783. The molecule has 6 nitrogen and oxygen atoms in total. The molecule has 3 heterocycles. The standard InChI is InChI=1S/C15H14ClN3O3S3/c1-9(2)10-6-11(14(20)18-15-17-7-12(16)24-15)19(8-10)25(21,22)13-4-3-5-23-13/h3-9H,1-2H3,(H,17,18,20). The Labute approximate surface area is 158 Å². The second-order valence-electron chi connectivity index (χ2n) is 5.47. The van der Waals surface area contributed by atoms with E-state index in [9.17, 15) is 13.2 Å². The van der Waals surface area contributed by atoms with E-state index in [1.165, 1.54) is 18.5 Å². The van der Waals surface area contributed by atoms with Gasteiger partial charge >= 0.3 is 0 Å². The Morgan fingerprint density at radius 1 is 1.40 bits per heavy atom. The van der Waals surface area contributed by atoms with E-state index in [1.54, 1.807) is 17.5 Å². The first-order valence-electron chi connectivity index (χ1n) is 7.23. The predicted octanol–water partition coefficient (Wildman–Crippen LogP) is 4.27. The molecule has 3 rings (SSSR count). The van der Waals surface area contributed by atoms with Crippen molar-refractivity contribution >= 4 is 55.3 Å². The zero-order chi connectivity index (χ0) is 18.2. The van der Waals surface area contributed by atoms with Gasteiger partial charge < -0.3 is 0 Å². The highest BCUT2D eigenvalue weighted by atomic mass is 35.5. The molecule has 0 bridgehead atoms. The van der Waals surface area contributed by atoms with E-state index in [1.807, 2.05) is 13.8 Å². The van der Waals surface area contributed by atoms with Crippen molar-refractivity contribution in [1.29, 1.82) is 0 Å². The van der Waals surface area contributed by atoms with Gasteiger partial charge in [0.15, 0.2) is 5.13 Å². The van der Waals surface area contributed by atoms with Crippen LogP contribution < -0.4 is 5.32 Å². The topological polar surface area (TPSA) is 81.1 Å². The minimum absolute atomic E-state index is 0.0309. The van der Waals surface area contributed by atoms with Gasteiger partial charge in [0.05, 0.1) is 6.20 Å². The first-order valence-corrected chi connectivity index (χ1v) is 10.7. The van der Waals surface area contributed by atoms with Crippen LogP contribution in [0.1, 0.15) is 35.8 Å².